The van der Waals surface area contributed by atoms with Crippen LogP contribution in [0.1, 0.15) is 22.8 Å². The van der Waals surface area contributed by atoms with Crippen molar-refractivity contribution in [1.29, 1.82) is 0 Å². The minimum atomic E-state index is -3.40. The number of nitro groups is 1. The molecule has 0 aliphatic heterocycles. The van der Waals surface area contributed by atoms with Gasteiger partial charge in [-0.1, -0.05) is 11.6 Å². The van der Waals surface area contributed by atoms with Gasteiger partial charge < -0.3 is 5.32 Å². The lowest BCUT2D eigenvalue weighted by molar-refractivity contribution is -0.384. The predicted molar refractivity (Wildman–Crippen MR) is 100 cm³/mol. The van der Waals surface area contributed by atoms with Crippen molar-refractivity contribution in [2.75, 3.05) is 15.8 Å². The monoisotopic (exact) mass is 397 g/mol. The Balaban J connectivity index is 2.20. The maximum absolute atomic E-state index is 12.3. The maximum Gasteiger partial charge on any atom is 0.270 e. The molecule has 0 atom stereocenters. The zero-order valence-corrected chi connectivity index (χ0v) is 15.5. The number of amides is 1. The smallest absolute Gasteiger partial charge is 0.270 e. The lowest BCUT2D eigenvalue weighted by Crippen LogP contribution is -2.16. The molecule has 0 spiro atoms. The van der Waals surface area contributed by atoms with E-state index in [0.29, 0.717) is 16.9 Å². The fraction of sp³-hybridized carbons (Fsp3) is 0.188. The van der Waals surface area contributed by atoms with Crippen LogP contribution < -0.4 is 10.0 Å². The Labute approximate surface area is 155 Å². The van der Waals surface area contributed by atoms with Crippen molar-refractivity contribution < 1.29 is 18.1 Å². The largest absolute Gasteiger partial charge is 0.322 e. The Morgan fingerprint density at radius 3 is 2.46 bits per heavy atom. The molecule has 138 valence electrons. The number of aryl methyl sites for hydroxylation is 1. The van der Waals surface area contributed by atoms with Crippen LogP contribution in [0, 0.1) is 17.0 Å². The number of nitrogens with zero attached hydrogens (tertiary/aromatic N) is 1. The molecule has 0 unspecified atom stereocenters. The summed E-state index contributed by atoms with van der Waals surface area (Å²) < 4.78 is 25.7. The van der Waals surface area contributed by atoms with E-state index < -0.39 is 20.9 Å². The highest BCUT2D eigenvalue weighted by Gasteiger charge is 2.16. The molecule has 2 N–H and O–H groups in total. The Morgan fingerprint density at radius 2 is 1.92 bits per heavy atom. The molecule has 0 heterocycles. The van der Waals surface area contributed by atoms with Gasteiger partial charge in [0, 0.05) is 17.8 Å². The summed E-state index contributed by atoms with van der Waals surface area (Å²) in [6.07, 6.45) is 0. The summed E-state index contributed by atoms with van der Waals surface area (Å²) in [4.78, 5) is 22.4. The molecule has 8 nitrogen and oxygen atoms in total. The van der Waals surface area contributed by atoms with E-state index in [1.54, 1.807) is 13.0 Å². The molecular formula is C16H16ClN3O5S. The molecule has 0 saturated heterocycles. The van der Waals surface area contributed by atoms with E-state index >= 15 is 0 Å². The highest BCUT2D eigenvalue weighted by Crippen LogP contribution is 2.25. The predicted octanol–water partition coefficient (Wildman–Crippen LogP) is 3.57. The minimum absolute atomic E-state index is 0.0410. The third-order valence-electron chi connectivity index (χ3n) is 3.54. The molecule has 10 heteroatoms. The number of carbonyl (C=O) groups is 1. The second-order valence-electron chi connectivity index (χ2n) is 5.41. The molecule has 0 aromatic heterocycles. The van der Waals surface area contributed by atoms with E-state index in [2.05, 4.69) is 10.0 Å². The number of benzene rings is 2. The molecule has 1 amide bonds. The van der Waals surface area contributed by atoms with E-state index in [1.165, 1.54) is 31.2 Å². The van der Waals surface area contributed by atoms with E-state index in [9.17, 15) is 23.3 Å². The number of rotatable bonds is 6. The molecule has 0 fully saturated rings. The molecule has 0 aliphatic carbocycles. The number of anilines is 2. The second kappa shape index (κ2) is 7.71. The summed E-state index contributed by atoms with van der Waals surface area (Å²) >= 11 is 5.94. The zero-order chi connectivity index (χ0) is 19.5. The molecule has 0 radical (unpaired) electrons. The standard InChI is InChI=1S/C16H16ClN3O5S/c1-3-26(24,25)19-15-7-4-11(8-10(15)2)18-16(21)13-6-5-12(20(22)23)9-14(13)17/h4-9,19H,3H2,1-2H3,(H,18,21). The summed E-state index contributed by atoms with van der Waals surface area (Å²) in [6.45, 7) is 3.22. The average Bonchev–Trinajstić information content (AvgIpc) is 2.57. The van der Waals surface area contributed by atoms with Crippen molar-refractivity contribution in [2.45, 2.75) is 13.8 Å². The van der Waals surface area contributed by atoms with Gasteiger partial charge in [-0.2, -0.15) is 0 Å². The van der Waals surface area contributed by atoms with Gasteiger partial charge >= 0.3 is 0 Å². The fourth-order valence-electron chi connectivity index (χ4n) is 2.10. The normalized spacial score (nSPS) is 11.0. The van der Waals surface area contributed by atoms with Crippen LogP contribution in [-0.4, -0.2) is 25.0 Å². The number of non-ortho nitro benzene ring substituents is 1. The first-order valence-electron chi connectivity index (χ1n) is 7.49. The minimum Gasteiger partial charge on any atom is -0.322 e. The van der Waals surface area contributed by atoms with Gasteiger partial charge in [0.05, 0.1) is 26.9 Å². The van der Waals surface area contributed by atoms with Crippen molar-refractivity contribution in [2.24, 2.45) is 0 Å². The summed E-state index contributed by atoms with van der Waals surface area (Å²) in [5.74, 6) is -0.588. The van der Waals surface area contributed by atoms with Gasteiger partial charge in [-0.3, -0.25) is 19.6 Å². The number of hydrogen-bond acceptors (Lipinski definition) is 5. The molecular weight excluding hydrogens is 382 g/mol. The summed E-state index contributed by atoms with van der Waals surface area (Å²) in [5.41, 5.74) is 1.34. The molecule has 0 saturated carbocycles. The summed E-state index contributed by atoms with van der Waals surface area (Å²) in [6, 6.07) is 8.24. The number of carbonyl (C=O) groups excluding carboxylic acids is 1. The van der Waals surface area contributed by atoms with Gasteiger partial charge in [-0.05, 0) is 43.7 Å². The molecule has 2 aromatic rings. The van der Waals surface area contributed by atoms with Crippen LogP contribution in [0.25, 0.3) is 0 Å². The molecule has 26 heavy (non-hydrogen) atoms. The van der Waals surface area contributed by atoms with Crippen molar-refractivity contribution in [3.63, 3.8) is 0 Å². The lowest BCUT2D eigenvalue weighted by Gasteiger charge is -2.12. The van der Waals surface area contributed by atoms with Gasteiger partial charge in [0.1, 0.15) is 0 Å². The van der Waals surface area contributed by atoms with Gasteiger partial charge in [-0.25, -0.2) is 8.42 Å². The third-order valence-corrected chi connectivity index (χ3v) is 5.14. The first kappa shape index (κ1) is 19.7. The van der Waals surface area contributed by atoms with Gasteiger partial charge in [0.15, 0.2) is 0 Å². The van der Waals surface area contributed by atoms with E-state index in [0.717, 1.165) is 6.07 Å². The van der Waals surface area contributed by atoms with Crippen molar-refractivity contribution >= 4 is 44.6 Å². The van der Waals surface area contributed by atoms with Crippen LogP contribution in [0.4, 0.5) is 17.1 Å². The van der Waals surface area contributed by atoms with Gasteiger partial charge in [0.25, 0.3) is 11.6 Å². The zero-order valence-electron chi connectivity index (χ0n) is 13.9. The highest BCUT2D eigenvalue weighted by atomic mass is 35.5. The Morgan fingerprint density at radius 1 is 1.23 bits per heavy atom. The summed E-state index contributed by atoms with van der Waals surface area (Å²) in [5, 5.41) is 13.3. The van der Waals surface area contributed by atoms with Crippen LogP contribution in [0.15, 0.2) is 36.4 Å². The van der Waals surface area contributed by atoms with Gasteiger partial charge in [-0.15, -0.1) is 0 Å². The number of nitrogens with one attached hydrogen (secondary N) is 2. The first-order valence-corrected chi connectivity index (χ1v) is 9.52. The van der Waals surface area contributed by atoms with Crippen LogP contribution in [0.3, 0.4) is 0 Å². The topological polar surface area (TPSA) is 118 Å². The lowest BCUT2D eigenvalue weighted by atomic mass is 10.1. The SMILES string of the molecule is CCS(=O)(=O)Nc1ccc(NC(=O)c2ccc([N+](=O)[O-])cc2Cl)cc1C. The highest BCUT2D eigenvalue weighted by molar-refractivity contribution is 7.92. The first-order chi connectivity index (χ1) is 12.1. The number of nitro benzene ring substituents is 1. The van der Waals surface area contributed by atoms with Crippen LogP contribution in [0.2, 0.25) is 5.02 Å². The number of halogens is 1. The van der Waals surface area contributed by atoms with E-state index in [-0.39, 0.29) is 22.0 Å². The maximum atomic E-state index is 12.3. The molecule has 0 aliphatic rings. The second-order valence-corrected chi connectivity index (χ2v) is 7.83. The Kier molecular flexibility index (Phi) is 5.83. The Bertz CT molecular complexity index is 976. The third kappa shape index (κ3) is 4.70. The quantitative estimate of drug-likeness (QED) is 0.570. The van der Waals surface area contributed by atoms with Crippen molar-refractivity contribution in [3.05, 3.63) is 62.7 Å². The Hall–Kier alpha value is -2.65. The molecule has 2 rings (SSSR count). The van der Waals surface area contributed by atoms with E-state index in [1.807, 2.05) is 0 Å². The van der Waals surface area contributed by atoms with Gasteiger partial charge in [0.2, 0.25) is 10.0 Å². The van der Waals surface area contributed by atoms with Crippen LogP contribution in [-0.2, 0) is 10.0 Å². The van der Waals surface area contributed by atoms with Crippen molar-refractivity contribution in [3.8, 4) is 0 Å². The summed E-state index contributed by atoms with van der Waals surface area (Å²) in [7, 11) is -3.40. The average molecular weight is 398 g/mol. The van der Waals surface area contributed by atoms with Crippen LogP contribution in [0.5, 0.6) is 0 Å². The number of hydrogen-bond donors (Lipinski definition) is 2. The molecule has 2 aromatic carbocycles. The van der Waals surface area contributed by atoms with Crippen LogP contribution >= 0.6 is 11.6 Å². The van der Waals surface area contributed by atoms with Crippen molar-refractivity contribution in [1.82, 2.24) is 0 Å². The van der Waals surface area contributed by atoms with E-state index in [4.69, 9.17) is 11.6 Å². The fourth-order valence-corrected chi connectivity index (χ4v) is 3.06. The molecule has 0 bridgehead atoms. The number of sulfonamides is 1.